The van der Waals surface area contributed by atoms with Gasteiger partial charge >= 0.3 is 0 Å². The van der Waals surface area contributed by atoms with Crippen LogP contribution in [0, 0.1) is 12.8 Å². The number of amides is 2. The van der Waals surface area contributed by atoms with E-state index in [1.54, 1.807) is 21.8 Å². The van der Waals surface area contributed by atoms with Crippen LogP contribution in [0.15, 0.2) is 18.5 Å². The number of hydrogen-bond acceptors (Lipinski definition) is 4. The number of anilines is 1. The Morgan fingerprint density at radius 3 is 2.58 bits per heavy atom. The van der Waals surface area contributed by atoms with Crippen molar-refractivity contribution >= 4 is 17.5 Å². The van der Waals surface area contributed by atoms with Crippen molar-refractivity contribution in [3.8, 4) is 0 Å². The highest BCUT2D eigenvalue weighted by Gasteiger charge is 2.18. The molecule has 0 saturated carbocycles. The molecule has 0 spiro atoms. The second-order valence-corrected chi connectivity index (χ2v) is 6.05. The lowest BCUT2D eigenvalue weighted by atomic mass is 10.2. The Bertz CT molecular complexity index is 716. The Morgan fingerprint density at radius 1 is 1.25 bits per heavy atom. The molecule has 2 amide bonds. The van der Waals surface area contributed by atoms with Crippen LogP contribution in [0.3, 0.4) is 0 Å². The van der Waals surface area contributed by atoms with Crippen molar-refractivity contribution in [1.82, 2.24) is 24.9 Å². The summed E-state index contributed by atoms with van der Waals surface area (Å²) in [6, 6.07) is 1.83. The van der Waals surface area contributed by atoms with E-state index in [2.05, 4.69) is 20.8 Å². The van der Waals surface area contributed by atoms with E-state index in [9.17, 15) is 9.59 Å². The van der Waals surface area contributed by atoms with Crippen molar-refractivity contribution in [2.75, 3.05) is 11.9 Å². The highest BCUT2D eigenvalue weighted by Crippen LogP contribution is 2.14. The monoisotopic (exact) mass is 332 g/mol. The van der Waals surface area contributed by atoms with Gasteiger partial charge in [-0.3, -0.25) is 19.0 Å². The van der Waals surface area contributed by atoms with Gasteiger partial charge in [-0.2, -0.15) is 10.2 Å². The zero-order valence-corrected chi connectivity index (χ0v) is 14.5. The Balaban J connectivity index is 2.09. The van der Waals surface area contributed by atoms with Crippen molar-refractivity contribution in [3.05, 3.63) is 29.8 Å². The highest BCUT2D eigenvalue weighted by atomic mass is 16.2. The molecule has 2 heterocycles. The minimum Gasteiger partial charge on any atom is -0.350 e. The lowest BCUT2D eigenvalue weighted by Crippen LogP contribution is -2.29. The van der Waals surface area contributed by atoms with E-state index >= 15 is 0 Å². The van der Waals surface area contributed by atoms with Gasteiger partial charge in [-0.25, -0.2) is 0 Å². The van der Waals surface area contributed by atoms with Crippen LogP contribution >= 0.6 is 0 Å². The van der Waals surface area contributed by atoms with Crippen LogP contribution in [-0.2, 0) is 17.9 Å². The zero-order valence-electron chi connectivity index (χ0n) is 14.5. The first kappa shape index (κ1) is 17.7. The summed E-state index contributed by atoms with van der Waals surface area (Å²) in [5.41, 5.74) is 1.48. The van der Waals surface area contributed by atoms with Crippen LogP contribution in [0.1, 0.15) is 37.0 Å². The molecule has 2 aromatic rings. The number of hydrogen-bond donors (Lipinski definition) is 2. The van der Waals surface area contributed by atoms with Crippen LogP contribution < -0.4 is 10.6 Å². The van der Waals surface area contributed by atoms with Gasteiger partial charge in [0.2, 0.25) is 5.91 Å². The number of aryl methyl sites for hydroxylation is 2. The van der Waals surface area contributed by atoms with E-state index in [0.29, 0.717) is 24.7 Å². The van der Waals surface area contributed by atoms with Crippen LogP contribution in [0.25, 0.3) is 0 Å². The third kappa shape index (κ3) is 4.68. The normalized spacial score (nSPS) is 10.9. The van der Waals surface area contributed by atoms with Gasteiger partial charge in [0.15, 0.2) is 5.69 Å². The smallest absolute Gasteiger partial charge is 0.273 e. The predicted molar refractivity (Wildman–Crippen MR) is 90.7 cm³/mol. The maximum Gasteiger partial charge on any atom is 0.273 e. The Kier molecular flexibility index (Phi) is 5.73. The average molecular weight is 332 g/mol. The highest BCUT2D eigenvalue weighted by molar-refractivity contribution is 6.02. The molecular formula is C16H24N6O2. The van der Waals surface area contributed by atoms with E-state index < -0.39 is 0 Å². The van der Waals surface area contributed by atoms with E-state index in [4.69, 9.17) is 0 Å². The van der Waals surface area contributed by atoms with Gasteiger partial charge in [0.25, 0.3) is 5.91 Å². The van der Waals surface area contributed by atoms with Crippen molar-refractivity contribution in [3.63, 3.8) is 0 Å². The quantitative estimate of drug-likeness (QED) is 0.802. The molecule has 0 fully saturated rings. The minimum atomic E-state index is -0.291. The van der Waals surface area contributed by atoms with E-state index in [0.717, 1.165) is 5.69 Å². The Labute approximate surface area is 141 Å². The molecule has 0 unspecified atom stereocenters. The fourth-order valence-corrected chi connectivity index (χ4v) is 2.11. The first-order valence-electron chi connectivity index (χ1n) is 8.04. The van der Waals surface area contributed by atoms with Gasteiger partial charge < -0.3 is 10.6 Å². The molecule has 8 heteroatoms. The molecule has 0 saturated heterocycles. The van der Waals surface area contributed by atoms with Gasteiger partial charge in [0.05, 0.1) is 11.4 Å². The Morgan fingerprint density at radius 2 is 2.00 bits per heavy atom. The summed E-state index contributed by atoms with van der Waals surface area (Å²) in [4.78, 5) is 24.5. The summed E-state index contributed by atoms with van der Waals surface area (Å²) in [6.07, 6.45) is 3.40. The first-order chi connectivity index (χ1) is 11.4. The lowest BCUT2D eigenvalue weighted by molar-refractivity contribution is -0.116. The third-order valence-corrected chi connectivity index (χ3v) is 3.33. The molecular weight excluding hydrogens is 308 g/mol. The molecule has 0 bridgehead atoms. The zero-order chi connectivity index (χ0) is 17.7. The minimum absolute atomic E-state index is 0.0815. The van der Waals surface area contributed by atoms with Gasteiger partial charge in [0.1, 0.15) is 6.54 Å². The van der Waals surface area contributed by atoms with Crippen molar-refractivity contribution in [2.45, 2.75) is 40.8 Å². The van der Waals surface area contributed by atoms with Crippen molar-refractivity contribution in [2.24, 2.45) is 5.92 Å². The SMILES string of the molecule is CCn1cc(NC(=O)Cn2ccc(C)n2)c(C(=O)NCC(C)C)n1. The van der Waals surface area contributed by atoms with Gasteiger partial charge in [0, 0.05) is 25.5 Å². The van der Waals surface area contributed by atoms with Crippen molar-refractivity contribution < 1.29 is 9.59 Å². The summed E-state index contributed by atoms with van der Waals surface area (Å²) >= 11 is 0. The second-order valence-electron chi connectivity index (χ2n) is 6.05. The van der Waals surface area contributed by atoms with E-state index in [1.165, 1.54) is 0 Å². The number of carbonyl (C=O) groups excluding carboxylic acids is 2. The maximum atomic E-state index is 12.3. The van der Waals surface area contributed by atoms with E-state index in [1.807, 2.05) is 33.8 Å². The summed E-state index contributed by atoms with van der Waals surface area (Å²) in [5, 5.41) is 14.0. The molecule has 0 radical (unpaired) electrons. The molecule has 0 aliphatic heterocycles. The maximum absolute atomic E-state index is 12.3. The molecule has 8 nitrogen and oxygen atoms in total. The number of nitrogens with one attached hydrogen (secondary N) is 2. The van der Waals surface area contributed by atoms with Crippen LogP contribution in [0.4, 0.5) is 5.69 Å². The summed E-state index contributed by atoms with van der Waals surface area (Å²) in [5.74, 6) is -0.212. The molecule has 0 atom stereocenters. The number of carbonyl (C=O) groups is 2. The summed E-state index contributed by atoms with van der Waals surface area (Å²) in [7, 11) is 0. The molecule has 130 valence electrons. The molecule has 0 aliphatic rings. The van der Waals surface area contributed by atoms with Crippen LogP contribution in [0.2, 0.25) is 0 Å². The van der Waals surface area contributed by atoms with Crippen LogP contribution in [-0.4, -0.2) is 37.9 Å². The largest absolute Gasteiger partial charge is 0.350 e. The molecule has 2 aromatic heterocycles. The van der Waals surface area contributed by atoms with Crippen molar-refractivity contribution in [1.29, 1.82) is 0 Å². The second kappa shape index (κ2) is 7.76. The summed E-state index contributed by atoms with van der Waals surface area (Å²) < 4.78 is 3.17. The molecule has 2 rings (SSSR count). The number of rotatable bonds is 7. The fourth-order valence-electron chi connectivity index (χ4n) is 2.11. The fraction of sp³-hybridized carbons (Fsp3) is 0.500. The topological polar surface area (TPSA) is 93.8 Å². The van der Waals surface area contributed by atoms with Crippen LogP contribution in [0.5, 0.6) is 0 Å². The molecule has 2 N–H and O–H groups in total. The van der Waals surface area contributed by atoms with Gasteiger partial charge in [-0.15, -0.1) is 0 Å². The average Bonchev–Trinajstić information content (AvgIpc) is 3.11. The van der Waals surface area contributed by atoms with Gasteiger partial charge in [-0.1, -0.05) is 13.8 Å². The number of aromatic nitrogens is 4. The third-order valence-electron chi connectivity index (χ3n) is 3.33. The first-order valence-corrected chi connectivity index (χ1v) is 8.04. The van der Waals surface area contributed by atoms with E-state index in [-0.39, 0.29) is 24.1 Å². The molecule has 0 aromatic carbocycles. The predicted octanol–water partition coefficient (Wildman–Crippen LogP) is 1.43. The molecule has 24 heavy (non-hydrogen) atoms. The van der Waals surface area contributed by atoms with Gasteiger partial charge in [-0.05, 0) is 25.8 Å². The Hall–Kier alpha value is -2.64. The molecule has 0 aliphatic carbocycles. The standard InChI is InChI=1S/C16H24N6O2/c1-5-21-9-13(15(20-21)16(24)17-8-11(2)3)18-14(23)10-22-7-6-12(4)19-22/h6-7,9,11H,5,8,10H2,1-4H3,(H,17,24)(H,18,23). The summed E-state index contributed by atoms with van der Waals surface area (Å²) in [6.45, 7) is 9.05. The lowest BCUT2D eigenvalue weighted by Gasteiger charge is -2.08. The number of nitrogens with zero attached hydrogens (tertiary/aromatic N) is 4.